The summed E-state index contributed by atoms with van der Waals surface area (Å²) in [5.41, 5.74) is 0. The van der Waals surface area contributed by atoms with E-state index in [1.54, 1.807) is 0 Å². The second-order valence-electron chi connectivity index (χ2n) is 4.13. The summed E-state index contributed by atoms with van der Waals surface area (Å²) in [6.45, 7) is 3.35. The van der Waals surface area contributed by atoms with Gasteiger partial charge in [-0.25, -0.2) is 9.63 Å². The molecule has 18 heavy (non-hydrogen) atoms. The molecule has 0 aromatic rings. The molecule has 6 nitrogen and oxygen atoms in total. The first-order chi connectivity index (χ1) is 8.40. The van der Waals surface area contributed by atoms with Crippen molar-refractivity contribution < 1.29 is 24.3 Å². The first-order valence-electron chi connectivity index (χ1n) is 5.83. The Balaban J connectivity index is 2.69. The van der Waals surface area contributed by atoms with Crippen molar-refractivity contribution in [2.75, 3.05) is 5.75 Å². The zero-order valence-corrected chi connectivity index (χ0v) is 11.3. The topological polar surface area (TPSA) is 83.9 Å². The van der Waals surface area contributed by atoms with E-state index in [9.17, 15) is 14.4 Å². The number of carbonyl (C=O) groups excluding carboxylic acids is 2. The molecule has 1 unspecified atom stereocenters. The first-order valence-corrected chi connectivity index (χ1v) is 6.81. The second kappa shape index (κ2) is 6.19. The summed E-state index contributed by atoms with van der Waals surface area (Å²) in [7, 11) is 0. The third-order valence-electron chi connectivity index (χ3n) is 2.54. The first kappa shape index (κ1) is 15.0. The van der Waals surface area contributed by atoms with Crippen LogP contribution in [0.15, 0.2) is 0 Å². The van der Waals surface area contributed by atoms with Gasteiger partial charge < -0.3 is 5.11 Å². The number of hydrogen-bond donors (Lipinski definition) is 1. The van der Waals surface area contributed by atoms with Gasteiger partial charge >= 0.3 is 5.97 Å². The van der Waals surface area contributed by atoms with Gasteiger partial charge in [-0.2, -0.15) is 5.06 Å². The molecule has 0 aliphatic carbocycles. The lowest BCUT2D eigenvalue weighted by Gasteiger charge is -2.27. The Morgan fingerprint density at radius 3 is 2.44 bits per heavy atom. The zero-order chi connectivity index (χ0) is 13.8. The fraction of sp³-hybridized carbons (Fsp3) is 0.727. The van der Waals surface area contributed by atoms with Gasteiger partial charge in [0.05, 0.1) is 0 Å². The fourth-order valence-electron chi connectivity index (χ4n) is 1.37. The Bertz CT molecular complexity index is 343. The second-order valence-corrected chi connectivity index (χ2v) is 5.60. The molecule has 1 saturated heterocycles. The maximum Gasteiger partial charge on any atom is 0.349 e. The van der Waals surface area contributed by atoms with E-state index in [1.165, 1.54) is 6.92 Å². The Kier molecular flexibility index (Phi) is 5.15. The van der Waals surface area contributed by atoms with Crippen LogP contribution in [-0.4, -0.2) is 38.6 Å². The molecule has 102 valence electrons. The zero-order valence-electron chi connectivity index (χ0n) is 10.5. The normalized spacial score (nSPS) is 19.1. The largest absolute Gasteiger partial charge is 0.478 e. The molecule has 2 amide bonds. The van der Waals surface area contributed by atoms with Crippen LogP contribution in [0, 0.1) is 0 Å². The summed E-state index contributed by atoms with van der Waals surface area (Å²) in [5.74, 6) is -1.57. The smallest absolute Gasteiger partial charge is 0.349 e. The van der Waals surface area contributed by atoms with Crippen molar-refractivity contribution in [3.05, 3.63) is 0 Å². The minimum atomic E-state index is -1.61. The van der Waals surface area contributed by atoms with Crippen molar-refractivity contribution in [3.8, 4) is 0 Å². The predicted molar refractivity (Wildman–Crippen MR) is 65.6 cm³/mol. The molecule has 0 spiro atoms. The van der Waals surface area contributed by atoms with Gasteiger partial charge in [0, 0.05) is 12.8 Å². The van der Waals surface area contributed by atoms with Crippen molar-refractivity contribution in [2.24, 2.45) is 0 Å². The predicted octanol–water partition coefficient (Wildman–Crippen LogP) is 1.40. The van der Waals surface area contributed by atoms with Gasteiger partial charge in [0.15, 0.2) is 0 Å². The third kappa shape index (κ3) is 3.46. The highest BCUT2D eigenvalue weighted by atomic mass is 32.2. The van der Waals surface area contributed by atoms with Crippen LogP contribution in [0.3, 0.4) is 0 Å². The average molecular weight is 275 g/mol. The van der Waals surface area contributed by atoms with Crippen LogP contribution in [0.25, 0.3) is 0 Å². The lowest BCUT2D eigenvalue weighted by Crippen LogP contribution is -2.44. The average Bonchev–Trinajstić information content (AvgIpc) is 2.61. The lowest BCUT2D eigenvalue weighted by molar-refractivity contribution is -0.212. The molecule has 1 N–H and O–H groups in total. The van der Waals surface area contributed by atoms with Crippen LogP contribution in [0.1, 0.15) is 39.5 Å². The number of hydroxylamine groups is 2. The number of unbranched alkanes of at least 4 members (excludes halogenated alkanes) is 1. The number of thioether (sulfide) groups is 1. The summed E-state index contributed by atoms with van der Waals surface area (Å²) in [4.78, 5) is 37.5. The molecule has 1 aliphatic heterocycles. The highest BCUT2D eigenvalue weighted by Crippen LogP contribution is 2.31. The molecule has 1 heterocycles. The number of nitrogens with zero attached hydrogens (tertiary/aromatic N) is 1. The van der Waals surface area contributed by atoms with Gasteiger partial charge in [-0.05, 0) is 19.1 Å². The van der Waals surface area contributed by atoms with Crippen molar-refractivity contribution in [2.45, 2.75) is 44.5 Å². The molecule has 7 heteroatoms. The molecule has 0 aromatic heterocycles. The standard InChI is InChI=1S/C11H17NO5S/c1-3-4-7-18-11(2,10(15)16)17-12-8(13)5-6-9(12)14/h3-7H2,1-2H3,(H,15,16). The van der Waals surface area contributed by atoms with Crippen molar-refractivity contribution in [1.29, 1.82) is 0 Å². The van der Waals surface area contributed by atoms with E-state index in [-0.39, 0.29) is 12.8 Å². The fourth-order valence-corrected chi connectivity index (χ4v) is 2.44. The molecule has 1 rings (SSSR count). The van der Waals surface area contributed by atoms with E-state index < -0.39 is 22.7 Å². The number of carboxylic acids is 1. The summed E-state index contributed by atoms with van der Waals surface area (Å²) < 4.78 is 0. The van der Waals surface area contributed by atoms with E-state index in [1.807, 2.05) is 6.92 Å². The summed E-state index contributed by atoms with van der Waals surface area (Å²) in [6, 6.07) is 0. The molecule has 0 aromatic carbocycles. The van der Waals surface area contributed by atoms with Crippen molar-refractivity contribution in [3.63, 3.8) is 0 Å². The van der Waals surface area contributed by atoms with E-state index in [0.717, 1.165) is 24.6 Å². The van der Waals surface area contributed by atoms with Gasteiger partial charge in [-0.1, -0.05) is 13.3 Å². The Labute approximate surface area is 110 Å². The number of carbonyl (C=O) groups is 3. The Morgan fingerprint density at radius 2 is 2.00 bits per heavy atom. The van der Waals surface area contributed by atoms with E-state index in [0.29, 0.717) is 10.8 Å². The summed E-state index contributed by atoms with van der Waals surface area (Å²) in [5, 5.41) is 9.76. The third-order valence-corrected chi connectivity index (χ3v) is 3.83. The molecule has 0 saturated carbocycles. The van der Waals surface area contributed by atoms with E-state index in [4.69, 9.17) is 9.94 Å². The van der Waals surface area contributed by atoms with Gasteiger partial charge in [-0.15, -0.1) is 11.8 Å². The molecule has 1 atom stereocenters. The Hall–Kier alpha value is -1.08. The van der Waals surface area contributed by atoms with Gasteiger partial charge in [0.2, 0.25) is 4.93 Å². The number of carboxylic acid groups (broad SMARTS) is 1. The van der Waals surface area contributed by atoms with Crippen LogP contribution < -0.4 is 0 Å². The number of aliphatic carboxylic acids is 1. The molecule has 0 bridgehead atoms. The molecule has 0 radical (unpaired) electrons. The Morgan fingerprint density at radius 1 is 1.44 bits per heavy atom. The number of hydrogen-bond acceptors (Lipinski definition) is 5. The van der Waals surface area contributed by atoms with Gasteiger partial charge in [0.1, 0.15) is 0 Å². The molecule has 1 fully saturated rings. The lowest BCUT2D eigenvalue weighted by atomic mass is 10.4. The van der Waals surface area contributed by atoms with Crippen molar-refractivity contribution in [1.82, 2.24) is 5.06 Å². The monoisotopic (exact) mass is 275 g/mol. The number of amides is 2. The molecular weight excluding hydrogens is 258 g/mol. The summed E-state index contributed by atoms with van der Waals surface area (Å²) in [6.07, 6.45) is 1.94. The SMILES string of the molecule is CCCCSC(C)(ON1C(=O)CCC1=O)C(=O)O. The van der Waals surface area contributed by atoms with Crippen LogP contribution in [0.5, 0.6) is 0 Å². The maximum atomic E-state index is 11.4. The molecular formula is C11H17NO5S. The maximum absolute atomic E-state index is 11.4. The van der Waals surface area contributed by atoms with E-state index >= 15 is 0 Å². The highest BCUT2D eigenvalue weighted by Gasteiger charge is 2.43. The van der Waals surface area contributed by atoms with E-state index in [2.05, 4.69) is 0 Å². The quantitative estimate of drug-likeness (QED) is 0.429. The van der Waals surface area contributed by atoms with Gasteiger partial charge in [-0.3, -0.25) is 9.59 Å². The summed E-state index contributed by atoms with van der Waals surface area (Å²) >= 11 is 1.08. The molecule has 1 aliphatic rings. The van der Waals surface area contributed by atoms with Crippen LogP contribution in [-0.2, 0) is 19.2 Å². The minimum Gasteiger partial charge on any atom is -0.478 e. The minimum absolute atomic E-state index is 0.0775. The van der Waals surface area contributed by atoms with Crippen LogP contribution >= 0.6 is 11.8 Å². The van der Waals surface area contributed by atoms with Crippen molar-refractivity contribution >= 4 is 29.5 Å². The number of imide groups is 1. The van der Waals surface area contributed by atoms with Crippen LogP contribution in [0.4, 0.5) is 0 Å². The van der Waals surface area contributed by atoms with Crippen LogP contribution in [0.2, 0.25) is 0 Å². The van der Waals surface area contributed by atoms with Gasteiger partial charge in [0.25, 0.3) is 11.8 Å². The highest BCUT2D eigenvalue weighted by molar-refractivity contribution is 8.01. The number of rotatable bonds is 7.